The minimum Gasteiger partial charge on any atom is -0.493 e. The molecule has 0 atom stereocenters. The molecule has 8 heteroatoms. The maximum atomic E-state index is 13.9. The number of ether oxygens (including phenoxy) is 2. The summed E-state index contributed by atoms with van der Waals surface area (Å²) in [5.41, 5.74) is 4.41. The predicted molar refractivity (Wildman–Crippen MR) is 186 cm³/mol. The average Bonchev–Trinajstić information content (AvgIpc) is 3.42. The molecule has 0 aliphatic carbocycles. The number of halogens is 2. The first-order valence-electron chi connectivity index (χ1n) is 16.7. The fraction of sp³-hybridized carbons (Fsp3) is 0.486. The van der Waals surface area contributed by atoms with Crippen molar-refractivity contribution in [3.63, 3.8) is 0 Å². The number of unbranched alkanes of at least 4 members (excludes halogenated alkanes) is 1. The molecule has 3 aromatic carbocycles. The molecular weight excluding hydrogens is 587 g/mol. The summed E-state index contributed by atoms with van der Waals surface area (Å²) in [5.74, 6) is 2.37. The molecule has 244 valence electrons. The van der Waals surface area contributed by atoms with Crippen molar-refractivity contribution < 1.29 is 13.9 Å². The molecule has 0 saturated heterocycles. The molecule has 0 fully saturated rings. The quantitative estimate of drug-likeness (QED) is 0.0959. The van der Waals surface area contributed by atoms with Gasteiger partial charge in [0.2, 0.25) is 0 Å². The van der Waals surface area contributed by atoms with Crippen molar-refractivity contribution in [2.75, 3.05) is 45.9 Å². The molecule has 4 rings (SSSR count). The summed E-state index contributed by atoms with van der Waals surface area (Å²) in [6.07, 6.45) is 5.14. The first-order valence-corrected chi connectivity index (χ1v) is 17.1. The van der Waals surface area contributed by atoms with Gasteiger partial charge in [0, 0.05) is 30.8 Å². The molecule has 45 heavy (non-hydrogen) atoms. The summed E-state index contributed by atoms with van der Waals surface area (Å²) in [6, 6.07) is 16.7. The van der Waals surface area contributed by atoms with Gasteiger partial charge in [0.25, 0.3) is 0 Å². The van der Waals surface area contributed by atoms with E-state index in [1.165, 1.54) is 17.7 Å². The third-order valence-electron chi connectivity index (χ3n) is 8.48. The fourth-order valence-corrected chi connectivity index (χ4v) is 5.82. The number of benzene rings is 3. The van der Waals surface area contributed by atoms with Gasteiger partial charge >= 0.3 is 0 Å². The van der Waals surface area contributed by atoms with Gasteiger partial charge in [0.1, 0.15) is 28.9 Å². The summed E-state index contributed by atoms with van der Waals surface area (Å²) in [6.45, 7) is 19.0. The Balaban J connectivity index is 1.65. The molecule has 4 aromatic rings. The molecule has 1 aromatic heterocycles. The number of fused-ring (bicyclic) bond motifs is 1. The van der Waals surface area contributed by atoms with E-state index in [0.29, 0.717) is 18.1 Å². The molecule has 0 radical (unpaired) electrons. The lowest BCUT2D eigenvalue weighted by atomic mass is 10.1. The van der Waals surface area contributed by atoms with E-state index in [4.69, 9.17) is 26.1 Å². The van der Waals surface area contributed by atoms with Gasteiger partial charge in [-0.05, 0) is 106 Å². The highest BCUT2D eigenvalue weighted by Gasteiger charge is 2.18. The number of hydrogen-bond acceptors (Lipinski definition) is 5. The number of rotatable bonds is 19. The number of hydrogen-bond donors (Lipinski definition) is 0. The first kappa shape index (κ1) is 34.7. The minimum absolute atomic E-state index is 0.0734. The van der Waals surface area contributed by atoms with Crippen LogP contribution in [0.3, 0.4) is 0 Å². The topological polar surface area (TPSA) is 42.8 Å². The molecule has 1 heterocycles. The number of imidazole rings is 1. The zero-order valence-electron chi connectivity index (χ0n) is 27.7. The van der Waals surface area contributed by atoms with Crippen molar-refractivity contribution in [2.24, 2.45) is 0 Å². The van der Waals surface area contributed by atoms with Crippen LogP contribution in [0.5, 0.6) is 17.2 Å². The van der Waals surface area contributed by atoms with Gasteiger partial charge in [-0.25, -0.2) is 9.37 Å². The van der Waals surface area contributed by atoms with Gasteiger partial charge in [-0.1, -0.05) is 52.6 Å². The van der Waals surface area contributed by atoms with Crippen LogP contribution in [0.1, 0.15) is 65.9 Å². The van der Waals surface area contributed by atoms with Gasteiger partial charge in [-0.15, -0.1) is 0 Å². The Morgan fingerprint density at radius 3 is 2.09 bits per heavy atom. The largest absolute Gasteiger partial charge is 0.493 e. The number of aromatic nitrogens is 2. The van der Waals surface area contributed by atoms with E-state index in [2.05, 4.69) is 61.1 Å². The van der Waals surface area contributed by atoms with Crippen LogP contribution in [0.25, 0.3) is 22.4 Å². The Hall–Kier alpha value is -3.13. The van der Waals surface area contributed by atoms with Gasteiger partial charge in [-0.2, -0.15) is 0 Å². The summed E-state index contributed by atoms with van der Waals surface area (Å²) in [7, 11) is 0. The van der Waals surface area contributed by atoms with E-state index in [1.807, 2.05) is 24.3 Å². The van der Waals surface area contributed by atoms with Gasteiger partial charge < -0.3 is 23.8 Å². The number of nitrogens with zero attached hydrogens (tertiary/aromatic N) is 4. The molecular formula is C37H50ClFN4O2. The first-order chi connectivity index (χ1) is 21.9. The molecule has 0 unspecified atom stereocenters. The van der Waals surface area contributed by atoms with Crippen molar-refractivity contribution in [1.82, 2.24) is 19.4 Å². The maximum absolute atomic E-state index is 13.9. The van der Waals surface area contributed by atoms with Gasteiger partial charge in [0.15, 0.2) is 0 Å². The lowest BCUT2D eigenvalue weighted by Gasteiger charge is -2.18. The Bertz CT molecular complexity index is 1480. The smallest absolute Gasteiger partial charge is 0.145 e. The molecule has 0 aliphatic rings. The third-order valence-corrected chi connectivity index (χ3v) is 8.78. The standard InChI is InChI=1S/C37H50ClFN4O2/c1-6-11-23-43-35-27-32(44-24-13-22-42(9-4)10-5)25-29(14-12-21-41(7-2)8-3)36(35)40-37(43)28-15-17-30(18-16-28)45-31-19-20-33(38)34(39)26-31/h15-20,25-27H,6-14,21-24H2,1-5H3. The SMILES string of the molecule is CCCCn1c(-c2ccc(Oc3ccc(Cl)c(F)c3)cc2)nc2c(CCCN(CC)CC)cc(OCCCN(CC)CC)cc21. The second-order valence-electron chi connectivity index (χ2n) is 11.5. The Morgan fingerprint density at radius 2 is 1.44 bits per heavy atom. The zero-order valence-corrected chi connectivity index (χ0v) is 28.5. The van der Waals surface area contributed by atoms with E-state index in [-0.39, 0.29) is 5.02 Å². The van der Waals surface area contributed by atoms with E-state index in [0.717, 1.165) is 106 Å². The van der Waals surface area contributed by atoms with E-state index >= 15 is 0 Å². The van der Waals surface area contributed by atoms with Crippen molar-refractivity contribution >= 4 is 22.6 Å². The highest BCUT2D eigenvalue weighted by atomic mass is 35.5. The van der Waals surface area contributed by atoms with Crippen molar-refractivity contribution in [2.45, 2.75) is 73.3 Å². The fourth-order valence-electron chi connectivity index (χ4n) is 5.70. The second-order valence-corrected chi connectivity index (χ2v) is 11.9. The van der Waals surface area contributed by atoms with Crippen LogP contribution < -0.4 is 9.47 Å². The van der Waals surface area contributed by atoms with Crippen LogP contribution in [-0.4, -0.2) is 65.2 Å². The van der Waals surface area contributed by atoms with Gasteiger partial charge in [-0.3, -0.25) is 0 Å². The lowest BCUT2D eigenvalue weighted by molar-refractivity contribution is 0.249. The van der Waals surface area contributed by atoms with Crippen molar-refractivity contribution in [1.29, 1.82) is 0 Å². The summed E-state index contributed by atoms with van der Waals surface area (Å²) >= 11 is 5.83. The van der Waals surface area contributed by atoms with Crippen LogP contribution in [0.2, 0.25) is 5.02 Å². The highest BCUT2D eigenvalue weighted by Crippen LogP contribution is 2.33. The van der Waals surface area contributed by atoms with Crippen LogP contribution >= 0.6 is 11.6 Å². The van der Waals surface area contributed by atoms with E-state index in [1.54, 1.807) is 6.07 Å². The predicted octanol–water partition coefficient (Wildman–Crippen LogP) is 9.47. The van der Waals surface area contributed by atoms with Crippen LogP contribution in [0.15, 0.2) is 54.6 Å². The van der Waals surface area contributed by atoms with Crippen LogP contribution in [0, 0.1) is 5.82 Å². The molecule has 0 amide bonds. The zero-order chi connectivity index (χ0) is 32.2. The Kier molecular flexibility index (Phi) is 13.5. The molecule has 0 saturated carbocycles. The monoisotopic (exact) mass is 636 g/mol. The van der Waals surface area contributed by atoms with Crippen molar-refractivity contribution in [3.8, 4) is 28.6 Å². The normalized spacial score (nSPS) is 11.7. The molecule has 0 spiro atoms. The second kappa shape index (κ2) is 17.5. The molecule has 0 N–H and O–H groups in total. The van der Waals surface area contributed by atoms with Crippen LogP contribution in [0.4, 0.5) is 4.39 Å². The minimum atomic E-state index is -0.504. The highest BCUT2D eigenvalue weighted by molar-refractivity contribution is 6.30. The van der Waals surface area contributed by atoms with Crippen LogP contribution in [-0.2, 0) is 13.0 Å². The number of aryl methyl sites for hydroxylation is 2. The molecule has 6 nitrogen and oxygen atoms in total. The van der Waals surface area contributed by atoms with Crippen molar-refractivity contribution in [3.05, 3.63) is 71.0 Å². The Morgan fingerprint density at radius 1 is 0.778 bits per heavy atom. The maximum Gasteiger partial charge on any atom is 0.145 e. The van der Waals surface area contributed by atoms with E-state index < -0.39 is 5.82 Å². The summed E-state index contributed by atoms with van der Waals surface area (Å²) in [4.78, 5) is 10.2. The molecule has 0 aliphatic heterocycles. The lowest BCUT2D eigenvalue weighted by Crippen LogP contribution is -2.25. The van der Waals surface area contributed by atoms with E-state index in [9.17, 15) is 4.39 Å². The summed E-state index contributed by atoms with van der Waals surface area (Å²) < 4.78 is 28.6. The average molecular weight is 637 g/mol. The molecule has 0 bridgehead atoms. The summed E-state index contributed by atoms with van der Waals surface area (Å²) in [5, 5.41) is 0.0734. The Labute approximate surface area is 274 Å². The van der Waals surface area contributed by atoms with Gasteiger partial charge in [0.05, 0.1) is 22.7 Å². The third kappa shape index (κ3) is 9.44.